The summed E-state index contributed by atoms with van der Waals surface area (Å²) >= 11 is 0. The van der Waals surface area contributed by atoms with Gasteiger partial charge in [0.15, 0.2) is 0 Å². The van der Waals surface area contributed by atoms with Crippen molar-refractivity contribution in [2.24, 2.45) is 0 Å². The lowest BCUT2D eigenvalue weighted by molar-refractivity contribution is 0.0860. The Morgan fingerprint density at radius 3 is 2.17 bits per heavy atom. The van der Waals surface area contributed by atoms with Gasteiger partial charge in [-0.2, -0.15) is 5.48 Å². The number of hydrogen-bond acceptors (Lipinski definition) is 4. The Hall–Kier alpha value is -1.26. The molecule has 4 heteroatoms. The Morgan fingerprint density at radius 1 is 1.06 bits per heavy atom. The highest BCUT2D eigenvalue weighted by atomic mass is 16.6. The van der Waals surface area contributed by atoms with Crippen LogP contribution in [0.5, 0.6) is 11.5 Å². The molecule has 0 saturated heterocycles. The molecule has 0 aliphatic rings. The molecule has 0 atom stereocenters. The Labute approximate surface area is 109 Å². The van der Waals surface area contributed by atoms with Crippen LogP contribution in [-0.2, 0) is 16.8 Å². The van der Waals surface area contributed by atoms with E-state index in [9.17, 15) is 0 Å². The molecule has 0 amide bonds. The third-order valence-corrected chi connectivity index (χ3v) is 2.79. The first kappa shape index (κ1) is 14.8. The number of hydrogen-bond donors (Lipinski definition) is 1. The normalized spacial score (nSPS) is 11.4. The highest BCUT2D eigenvalue weighted by molar-refractivity contribution is 5.50. The van der Waals surface area contributed by atoms with Crippen molar-refractivity contribution in [3.05, 3.63) is 23.3 Å². The van der Waals surface area contributed by atoms with E-state index in [1.165, 1.54) is 0 Å². The molecule has 0 spiro atoms. The second-order valence-corrected chi connectivity index (χ2v) is 5.14. The molecule has 1 aromatic carbocycles. The Morgan fingerprint density at radius 2 is 1.72 bits per heavy atom. The monoisotopic (exact) mass is 253 g/mol. The molecule has 0 radical (unpaired) electrons. The molecule has 0 heterocycles. The quantitative estimate of drug-likeness (QED) is 0.819. The maximum Gasteiger partial charge on any atom is 0.127 e. The van der Waals surface area contributed by atoms with Crippen LogP contribution in [0.1, 0.15) is 31.9 Å². The fourth-order valence-corrected chi connectivity index (χ4v) is 1.86. The van der Waals surface area contributed by atoms with Crippen LogP contribution in [0.15, 0.2) is 12.1 Å². The van der Waals surface area contributed by atoms with E-state index in [0.29, 0.717) is 6.54 Å². The van der Waals surface area contributed by atoms with Crippen molar-refractivity contribution in [3.63, 3.8) is 0 Å². The number of rotatable bonds is 5. The number of methoxy groups -OCH3 is 2. The predicted molar refractivity (Wildman–Crippen MR) is 72.1 cm³/mol. The molecular weight excluding hydrogens is 230 g/mol. The van der Waals surface area contributed by atoms with Gasteiger partial charge in [0.1, 0.15) is 11.5 Å². The van der Waals surface area contributed by atoms with Crippen LogP contribution in [0.25, 0.3) is 0 Å². The second-order valence-electron chi connectivity index (χ2n) is 5.14. The largest absolute Gasteiger partial charge is 0.497 e. The molecule has 0 aliphatic carbocycles. The number of ether oxygens (including phenoxy) is 2. The Kier molecular flexibility index (Phi) is 4.99. The van der Waals surface area contributed by atoms with E-state index in [2.05, 4.69) is 26.3 Å². The molecule has 0 bridgehead atoms. The van der Waals surface area contributed by atoms with Crippen LogP contribution < -0.4 is 15.0 Å². The summed E-state index contributed by atoms with van der Waals surface area (Å²) in [5.41, 5.74) is 4.96. The minimum atomic E-state index is -0.0122. The van der Waals surface area contributed by atoms with Crippen molar-refractivity contribution in [2.45, 2.75) is 32.7 Å². The summed E-state index contributed by atoms with van der Waals surface area (Å²) in [7, 11) is 4.95. The molecule has 1 rings (SSSR count). The molecule has 18 heavy (non-hydrogen) atoms. The molecule has 1 aromatic rings. The zero-order chi connectivity index (χ0) is 13.8. The smallest absolute Gasteiger partial charge is 0.127 e. The molecular formula is C14H23NO3. The third kappa shape index (κ3) is 3.37. The SMILES string of the molecule is CONCc1cc(OC)cc(C(C)(C)C)c1OC. The van der Waals surface area contributed by atoms with Gasteiger partial charge >= 0.3 is 0 Å². The van der Waals surface area contributed by atoms with E-state index < -0.39 is 0 Å². The molecule has 102 valence electrons. The summed E-state index contributed by atoms with van der Waals surface area (Å²) in [6.07, 6.45) is 0. The van der Waals surface area contributed by atoms with Crippen LogP contribution in [0.2, 0.25) is 0 Å². The average molecular weight is 253 g/mol. The van der Waals surface area contributed by atoms with E-state index >= 15 is 0 Å². The van der Waals surface area contributed by atoms with Gasteiger partial charge in [0.25, 0.3) is 0 Å². The first-order valence-electron chi connectivity index (χ1n) is 5.95. The molecule has 0 aromatic heterocycles. The van der Waals surface area contributed by atoms with Crippen LogP contribution in [0.4, 0.5) is 0 Å². The van der Waals surface area contributed by atoms with Crippen molar-refractivity contribution >= 4 is 0 Å². The van der Waals surface area contributed by atoms with Gasteiger partial charge in [0.2, 0.25) is 0 Å². The zero-order valence-corrected chi connectivity index (χ0v) is 12.1. The van der Waals surface area contributed by atoms with Crippen molar-refractivity contribution in [3.8, 4) is 11.5 Å². The van der Waals surface area contributed by atoms with Crippen LogP contribution in [-0.4, -0.2) is 21.3 Å². The summed E-state index contributed by atoms with van der Waals surface area (Å²) in [5, 5.41) is 0. The van der Waals surface area contributed by atoms with Gasteiger partial charge in [-0.15, -0.1) is 0 Å². The first-order valence-corrected chi connectivity index (χ1v) is 5.95. The van der Waals surface area contributed by atoms with Gasteiger partial charge in [-0.25, -0.2) is 0 Å². The zero-order valence-electron chi connectivity index (χ0n) is 12.1. The van der Waals surface area contributed by atoms with Crippen molar-refractivity contribution < 1.29 is 14.3 Å². The molecule has 0 unspecified atom stereocenters. The van der Waals surface area contributed by atoms with Crippen LogP contribution in [0.3, 0.4) is 0 Å². The topological polar surface area (TPSA) is 39.7 Å². The lowest BCUT2D eigenvalue weighted by atomic mass is 9.85. The highest BCUT2D eigenvalue weighted by Crippen LogP contribution is 2.37. The van der Waals surface area contributed by atoms with Crippen molar-refractivity contribution in [1.29, 1.82) is 0 Å². The fraction of sp³-hybridized carbons (Fsp3) is 0.571. The lowest BCUT2D eigenvalue weighted by Gasteiger charge is -2.25. The predicted octanol–water partition coefficient (Wildman–Crippen LogP) is 2.65. The summed E-state index contributed by atoms with van der Waals surface area (Å²) in [5.74, 6) is 1.71. The number of benzene rings is 1. The second kappa shape index (κ2) is 6.07. The van der Waals surface area contributed by atoms with Crippen molar-refractivity contribution in [1.82, 2.24) is 5.48 Å². The standard InChI is InChI=1S/C14H23NO3/c1-14(2,3)12-8-11(16-4)7-10(9-15-18-6)13(12)17-5/h7-8,15H,9H2,1-6H3. The maximum atomic E-state index is 5.55. The molecule has 1 N–H and O–H groups in total. The fourth-order valence-electron chi connectivity index (χ4n) is 1.86. The minimum absolute atomic E-state index is 0.0122. The van der Waals surface area contributed by atoms with Gasteiger partial charge in [0.05, 0.1) is 21.3 Å². The van der Waals surface area contributed by atoms with Gasteiger partial charge in [0, 0.05) is 17.7 Å². The van der Waals surface area contributed by atoms with Crippen molar-refractivity contribution in [2.75, 3.05) is 21.3 Å². The molecule has 0 saturated carbocycles. The van der Waals surface area contributed by atoms with E-state index in [0.717, 1.165) is 22.6 Å². The number of nitrogens with one attached hydrogen (secondary N) is 1. The Balaban J connectivity index is 3.30. The summed E-state index contributed by atoms with van der Waals surface area (Å²) in [6.45, 7) is 7.02. The molecule has 4 nitrogen and oxygen atoms in total. The third-order valence-electron chi connectivity index (χ3n) is 2.79. The summed E-state index contributed by atoms with van der Waals surface area (Å²) < 4.78 is 10.9. The minimum Gasteiger partial charge on any atom is -0.497 e. The van der Waals surface area contributed by atoms with E-state index in [-0.39, 0.29) is 5.41 Å². The molecule has 0 fully saturated rings. The first-order chi connectivity index (χ1) is 8.43. The van der Waals surface area contributed by atoms with E-state index in [1.807, 2.05) is 12.1 Å². The van der Waals surface area contributed by atoms with Crippen LogP contribution >= 0.6 is 0 Å². The molecule has 0 aliphatic heterocycles. The van der Waals surface area contributed by atoms with E-state index in [4.69, 9.17) is 14.3 Å². The lowest BCUT2D eigenvalue weighted by Crippen LogP contribution is -2.17. The van der Waals surface area contributed by atoms with Crippen LogP contribution in [0, 0.1) is 0 Å². The average Bonchev–Trinajstić information content (AvgIpc) is 2.33. The van der Waals surface area contributed by atoms with E-state index in [1.54, 1.807) is 21.3 Å². The highest BCUT2D eigenvalue weighted by Gasteiger charge is 2.22. The number of hydroxylamine groups is 1. The van der Waals surface area contributed by atoms with Gasteiger partial charge < -0.3 is 14.3 Å². The van der Waals surface area contributed by atoms with Gasteiger partial charge in [-0.05, 0) is 17.5 Å². The Bertz CT molecular complexity index is 397. The summed E-state index contributed by atoms with van der Waals surface area (Å²) in [4.78, 5) is 4.90. The maximum absolute atomic E-state index is 5.55. The summed E-state index contributed by atoms with van der Waals surface area (Å²) in [6, 6.07) is 3.98. The van der Waals surface area contributed by atoms with Gasteiger partial charge in [-0.3, -0.25) is 0 Å². The van der Waals surface area contributed by atoms with Gasteiger partial charge in [-0.1, -0.05) is 20.8 Å².